The van der Waals surface area contributed by atoms with Crippen molar-refractivity contribution in [3.8, 4) is 101 Å². The van der Waals surface area contributed by atoms with Gasteiger partial charge in [-0.2, -0.15) is 20.4 Å². The van der Waals surface area contributed by atoms with Crippen LogP contribution in [-0.2, 0) is 17.7 Å². The second kappa shape index (κ2) is 33.2. The van der Waals surface area contributed by atoms with Gasteiger partial charge in [0, 0.05) is 225 Å². The molecule has 3 aliphatic rings. The molecule has 27 nitrogen and oxygen atoms in total. The molecule has 1 unspecified atom stereocenters. The maximum absolute atomic E-state index is 13.2. The van der Waals surface area contributed by atoms with Crippen LogP contribution in [0.5, 0.6) is 11.5 Å². The number of rotatable bonds is 17. The third-order valence-corrected chi connectivity index (χ3v) is 21.3. The van der Waals surface area contributed by atoms with E-state index >= 15 is 0 Å². The lowest BCUT2D eigenvalue weighted by Crippen LogP contribution is -2.48. The van der Waals surface area contributed by atoms with Crippen LogP contribution in [0.25, 0.3) is 133 Å². The zero-order valence-corrected chi connectivity index (χ0v) is 63.4. The topological polar surface area (TPSA) is 352 Å². The molecule has 13 aromatic heterocycles. The monoisotopic (exact) mass is 1550 g/mol. The highest BCUT2D eigenvalue weighted by atomic mass is 16.5. The first-order chi connectivity index (χ1) is 57.6. The highest BCUT2D eigenvalue weighted by Crippen LogP contribution is 2.38. The van der Waals surface area contributed by atoms with Crippen LogP contribution in [0.3, 0.4) is 0 Å². The lowest BCUT2D eigenvalue weighted by molar-refractivity contribution is 0.0746. The Kier molecular flexibility index (Phi) is 20.8. The van der Waals surface area contributed by atoms with E-state index in [-0.39, 0.29) is 23.8 Å². The molecule has 3 amide bonds. The van der Waals surface area contributed by atoms with Gasteiger partial charge in [-0.25, -0.2) is 19.9 Å². The summed E-state index contributed by atoms with van der Waals surface area (Å²) in [6.07, 6.45) is 34.7. The molecular formula is C90H78N20O7. The molecular weight excluding hydrogens is 1470 g/mol. The number of hydrogen-bond donors (Lipinski definition) is 10. The Morgan fingerprint density at radius 2 is 0.906 bits per heavy atom. The highest BCUT2D eigenvalue weighted by Gasteiger charge is 2.26. The fourth-order valence-electron chi connectivity index (χ4n) is 15.0. The summed E-state index contributed by atoms with van der Waals surface area (Å²) in [5.41, 5.74) is 24.2. The number of methoxy groups -OCH3 is 1. The van der Waals surface area contributed by atoms with Gasteiger partial charge < -0.3 is 59.0 Å². The largest absolute Gasteiger partial charge is 0.495 e. The van der Waals surface area contributed by atoms with Gasteiger partial charge in [0.2, 0.25) is 0 Å². The van der Waals surface area contributed by atoms with Gasteiger partial charge in [-0.05, 0) is 138 Å². The summed E-state index contributed by atoms with van der Waals surface area (Å²) >= 11 is 0. The van der Waals surface area contributed by atoms with Crippen molar-refractivity contribution in [2.75, 3.05) is 57.9 Å². The predicted octanol–water partition coefficient (Wildman–Crippen LogP) is 15.8. The van der Waals surface area contributed by atoms with Crippen molar-refractivity contribution in [3.63, 3.8) is 0 Å². The summed E-state index contributed by atoms with van der Waals surface area (Å²) in [5.74, 6) is 2.42. The first-order valence-electron chi connectivity index (χ1n) is 38.5. The number of nitrogens with one attached hydrogen (secondary N) is 10. The van der Waals surface area contributed by atoms with Crippen molar-refractivity contribution in [2.24, 2.45) is 0 Å². The van der Waals surface area contributed by atoms with Gasteiger partial charge in [0.15, 0.2) is 0 Å². The van der Waals surface area contributed by atoms with Gasteiger partial charge in [0.25, 0.3) is 17.7 Å². The fraction of sp³-hybridized carbons (Fsp3) is 0.144. The van der Waals surface area contributed by atoms with Crippen molar-refractivity contribution in [3.05, 3.63) is 285 Å². The van der Waals surface area contributed by atoms with E-state index in [2.05, 4.69) is 145 Å². The number of H-pyrrole nitrogens is 8. The molecule has 5 aromatic carbocycles. The number of anilines is 1. The number of hydrogen-bond acceptors (Lipinski definition) is 16. The van der Waals surface area contributed by atoms with Crippen LogP contribution in [-0.4, -0.2) is 162 Å². The lowest BCUT2D eigenvalue weighted by atomic mass is 10.0. The number of pyridine rings is 4. The Balaban J connectivity index is 0.000000109. The Bertz CT molecular complexity index is 6440. The Morgan fingerprint density at radius 1 is 0.453 bits per heavy atom. The second-order valence-corrected chi connectivity index (χ2v) is 28.4. The maximum Gasteiger partial charge on any atom is 0.253 e. The maximum atomic E-state index is 13.2. The van der Waals surface area contributed by atoms with E-state index in [1.54, 1.807) is 38.0 Å². The zero-order valence-electron chi connectivity index (χ0n) is 63.4. The van der Waals surface area contributed by atoms with E-state index in [9.17, 15) is 14.4 Å². The summed E-state index contributed by atoms with van der Waals surface area (Å²) in [6.45, 7) is 5.36. The number of amides is 3. The average molecular weight is 1550 g/mol. The molecule has 0 spiro atoms. The molecule has 117 heavy (non-hydrogen) atoms. The van der Waals surface area contributed by atoms with Gasteiger partial charge >= 0.3 is 0 Å². The first-order valence-corrected chi connectivity index (χ1v) is 38.5. The predicted molar refractivity (Wildman–Crippen MR) is 448 cm³/mol. The van der Waals surface area contributed by atoms with Crippen molar-refractivity contribution < 1.29 is 33.0 Å². The van der Waals surface area contributed by atoms with Gasteiger partial charge in [-0.3, -0.25) is 34.8 Å². The molecule has 0 radical (unpaired) electrons. The van der Waals surface area contributed by atoms with E-state index in [0.717, 1.165) is 190 Å². The Morgan fingerprint density at radius 3 is 1.34 bits per heavy atom. The van der Waals surface area contributed by atoms with Crippen LogP contribution in [0, 0.1) is 0 Å². The Hall–Kier alpha value is -15.3. The molecule has 0 saturated carbocycles. The minimum absolute atomic E-state index is 0.0580. The van der Waals surface area contributed by atoms with Crippen molar-refractivity contribution in [2.45, 2.75) is 31.9 Å². The third-order valence-electron chi connectivity index (χ3n) is 21.3. The number of fused-ring (bicyclic) bond motifs is 5. The van der Waals surface area contributed by atoms with E-state index in [4.69, 9.17) is 18.6 Å². The summed E-state index contributed by atoms with van der Waals surface area (Å²) in [5, 5.41) is 37.5. The van der Waals surface area contributed by atoms with Gasteiger partial charge in [-0.1, -0.05) is 54.6 Å². The molecule has 2 saturated heterocycles. The van der Waals surface area contributed by atoms with Crippen molar-refractivity contribution in [1.29, 1.82) is 0 Å². The number of ether oxygens (including phenoxy) is 3. The van der Waals surface area contributed by atoms with Gasteiger partial charge in [0.05, 0.1) is 63.1 Å². The summed E-state index contributed by atoms with van der Waals surface area (Å²) < 4.78 is 21.9. The molecule has 18 aromatic rings. The number of piperazine rings is 1. The Labute approximate surface area is 668 Å². The van der Waals surface area contributed by atoms with Gasteiger partial charge in [-0.15, -0.1) is 0 Å². The van der Waals surface area contributed by atoms with Crippen LogP contribution >= 0.6 is 0 Å². The van der Waals surface area contributed by atoms with Crippen LogP contribution in [0.15, 0.2) is 261 Å². The number of aromatic nitrogens is 16. The quantitative estimate of drug-likeness (QED) is 0.0405. The van der Waals surface area contributed by atoms with Gasteiger partial charge in [0.1, 0.15) is 39.8 Å². The van der Waals surface area contributed by atoms with E-state index in [0.29, 0.717) is 48.6 Å². The highest BCUT2D eigenvalue weighted by molar-refractivity contribution is 6.01. The lowest BCUT2D eigenvalue weighted by Gasteiger charge is -2.36. The van der Waals surface area contributed by atoms with E-state index < -0.39 is 0 Å². The molecule has 10 N–H and O–H groups in total. The fourth-order valence-corrected chi connectivity index (χ4v) is 15.0. The van der Waals surface area contributed by atoms with Crippen LogP contribution < -0.4 is 25.0 Å². The minimum Gasteiger partial charge on any atom is -0.495 e. The molecule has 0 bridgehead atoms. The zero-order chi connectivity index (χ0) is 79.0. The molecule has 0 aliphatic carbocycles. The normalized spacial score (nSPS) is 13.6. The first kappa shape index (κ1) is 73.2. The molecule has 21 rings (SSSR count). The number of aromatic amines is 8. The second-order valence-electron chi connectivity index (χ2n) is 28.4. The molecule has 16 heterocycles. The number of benzene rings is 5. The number of carbonyl (C=O) groups is 3. The number of furan rings is 1. The van der Waals surface area contributed by atoms with Crippen molar-refractivity contribution >= 4 is 67.5 Å². The molecule has 1 atom stereocenters. The average Bonchev–Trinajstić information content (AvgIpc) is 1.66. The summed E-state index contributed by atoms with van der Waals surface area (Å²) in [7, 11) is 1.69. The van der Waals surface area contributed by atoms with Crippen molar-refractivity contribution in [1.82, 2.24) is 96.2 Å². The minimum atomic E-state index is -0.144. The van der Waals surface area contributed by atoms with Crippen LogP contribution in [0.4, 0.5) is 5.69 Å². The number of nitrogens with zero attached hydrogens (tertiary/aromatic N) is 10. The summed E-state index contributed by atoms with van der Waals surface area (Å²) in [6, 6.07) is 49.3. The SMILES string of the molecule is COc1ccccc1N1CCN(C(=O)c2ccc(-c3cnc4[nH]cc(-c5cn[nH]c5)c4c3)cc2)CC1.O=C(NCC1CCCO1)c1ccc(-c2cnc3[nH]cc(-c4cn[nH]c4)c3c2)cc1.O=C(NCc1ccco1)c1ccc(-c2cnc3[nH]cc(-c4cn[nH]c4)c3c2)cc1.c1cc2c(cc1-c1cnc3[nH]cc(-c4cn[nH]c4)c3c1)CCO2. The van der Waals surface area contributed by atoms with E-state index in [1.165, 1.54) is 11.1 Å². The number of carbonyl (C=O) groups excluding carboxylic acids is 3. The smallest absolute Gasteiger partial charge is 0.253 e. The molecule has 27 heteroatoms. The molecule has 3 aliphatic heterocycles. The third kappa shape index (κ3) is 15.9. The van der Waals surface area contributed by atoms with Crippen LogP contribution in [0.2, 0.25) is 0 Å². The van der Waals surface area contributed by atoms with Crippen LogP contribution in [0.1, 0.15) is 55.2 Å². The molecule has 580 valence electrons. The number of para-hydroxylation sites is 2. The summed E-state index contributed by atoms with van der Waals surface area (Å²) in [4.78, 5) is 73.1. The molecule has 2 fully saturated rings. The van der Waals surface area contributed by atoms with E-state index in [1.807, 2.05) is 183 Å². The standard InChI is InChI=1S/C28H26N6O2.C22H21N5O2.C22H17N5O2.C18H14N4O/c1-36-26-5-3-2-4-25(26)33-10-12-34(13-11-33)28(35)20-8-6-19(7-9-20)21-14-23-24(22-16-31-32-17-22)18-30-27(23)29-15-21;2*28-22(25-12-18-2-1-7-29-18)15-5-3-14(4-6-15)16-8-19-20(17-10-26-27-11-17)13-24-21(19)23-9-16;1-2-17-12(3-4-23-17)5-11(1)13-6-15-16(14-8-21-22-9-14)10-20-18(15)19-7-13/h2-9,14-18H,10-13H2,1H3,(H,29,30)(H,31,32);3-6,8-11,13,18H,1-2,7,12H2,(H,23,24)(H,25,28)(H,26,27);1-11,13H,12H2,(H,23,24)(H,25,28)(H,26,27);1-2,5-10H,3-4H2,(H,19,20)(H,21,22).